The number of hydrogen-bond donors (Lipinski definition) is 2. The van der Waals surface area contributed by atoms with Gasteiger partial charge < -0.3 is 15.8 Å². The summed E-state index contributed by atoms with van der Waals surface area (Å²) in [6, 6.07) is -0.243. The molecule has 130 valence electrons. The van der Waals surface area contributed by atoms with Gasteiger partial charge >= 0.3 is 0 Å². The number of rotatable bonds is 8. The molecule has 0 aromatic carbocycles. The van der Waals surface area contributed by atoms with Crippen molar-refractivity contribution in [2.75, 3.05) is 13.2 Å². The molecule has 1 aromatic heterocycles. The molecule has 0 aliphatic carbocycles. The molecule has 23 heavy (non-hydrogen) atoms. The van der Waals surface area contributed by atoms with Crippen LogP contribution in [0, 0.1) is 19.8 Å². The smallest absolute Gasteiger partial charge is 0.234 e. The van der Waals surface area contributed by atoms with E-state index in [-0.39, 0.29) is 18.1 Å². The lowest BCUT2D eigenvalue weighted by molar-refractivity contribution is -0.120. The SMILES string of the molecule is CCCCC(NCC1CCOC1c1c(C)nn(C)c1C)C(N)=O. The number of nitrogens with zero attached hydrogens (tertiary/aromatic N) is 2. The van der Waals surface area contributed by atoms with Crippen molar-refractivity contribution in [3.8, 4) is 0 Å². The molecule has 0 spiro atoms. The molecule has 1 aromatic rings. The zero-order valence-electron chi connectivity index (χ0n) is 14.8. The average molecular weight is 322 g/mol. The summed E-state index contributed by atoms with van der Waals surface area (Å²) >= 11 is 0. The minimum atomic E-state index is -0.261. The van der Waals surface area contributed by atoms with Gasteiger partial charge in [0.25, 0.3) is 0 Å². The zero-order valence-corrected chi connectivity index (χ0v) is 14.8. The summed E-state index contributed by atoms with van der Waals surface area (Å²) in [5.41, 5.74) is 8.89. The minimum Gasteiger partial charge on any atom is -0.373 e. The summed E-state index contributed by atoms with van der Waals surface area (Å²) in [5, 5.41) is 7.86. The minimum absolute atomic E-state index is 0.0518. The Bertz CT molecular complexity index is 541. The predicted octanol–water partition coefficient (Wildman–Crippen LogP) is 1.75. The molecule has 3 N–H and O–H groups in total. The van der Waals surface area contributed by atoms with Crippen LogP contribution in [0.1, 0.15) is 55.7 Å². The van der Waals surface area contributed by atoms with Gasteiger partial charge in [0, 0.05) is 37.4 Å². The van der Waals surface area contributed by atoms with Gasteiger partial charge in [-0.3, -0.25) is 9.48 Å². The molecule has 0 radical (unpaired) electrons. The van der Waals surface area contributed by atoms with E-state index in [0.717, 1.165) is 50.2 Å². The van der Waals surface area contributed by atoms with E-state index >= 15 is 0 Å². The Balaban J connectivity index is 2.03. The highest BCUT2D eigenvalue weighted by atomic mass is 16.5. The Hall–Kier alpha value is -1.40. The van der Waals surface area contributed by atoms with Gasteiger partial charge in [-0.25, -0.2) is 0 Å². The van der Waals surface area contributed by atoms with E-state index < -0.39 is 0 Å². The van der Waals surface area contributed by atoms with Crippen LogP contribution in [-0.2, 0) is 16.6 Å². The Morgan fingerprint density at radius 3 is 2.83 bits per heavy atom. The van der Waals surface area contributed by atoms with E-state index in [4.69, 9.17) is 10.5 Å². The van der Waals surface area contributed by atoms with Crippen LogP contribution in [0.25, 0.3) is 0 Å². The second kappa shape index (κ2) is 7.93. The quantitative estimate of drug-likeness (QED) is 0.764. The van der Waals surface area contributed by atoms with Crippen LogP contribution < -0.4 is 11.1 Å². The van der Waals surface area contributed by atoms with Crippen molar-refractivity contribution in [1.29, 1.82) is 0 Å². The standard InChI is InChI=1S/C17H30N4O2/c1-5-6-7-14(17(18)22)19-10-13-8-9-23-16(13)15-11(2)20-21(4)12(15)3/h13-14,16,19H,5-10H2,1-4H3,(H2,18,22). The van der Waals surface area contributed by atoms with Crippen LogP contribution in [0.5, 0.6) is 0 Å². The summed E-state index contributed by atoms with van der Waals surface area (Å²) in [7, 11) is 1.96. The Kier molecular flexibility index (Phi) is 6.18. The van der Waals surface area contributed by atoms with Crippen molar-refractivity contribution >= 4 is 5.91 Å². The van der Waals surface area contributed by atoms with Crippen LogP contribution in [-0.4, -0.2) is 34.9 Å². The third-order valence-electron chi connectivity index (χ3n) is 4.88. The van der Waals surface area contributed by atoms with Crippen LogP contribution in [0.2, 0.25) is 0 Å². The van der Waals surface area contributed by atoms with Crippen molar-refractivity contribution in [2.24, 2.45) is 18.7 Å². The Morgan fingerprint density at radius 1 is 1.52 bits per heavy atom. The lowest BCUT2D eigenvalue weighted by atomic mass is 9.93. The van der Waals surface area contributed by atoms with Crippen LogP contribution in [0.3, 0.4) is 0 Å². The fraction of sp³-hybridized carbons (Fsp3) is 0.765. The number of primary amides is 1. The summed E-state index contributed by atoms with van der Waals surface area (Å²) in [4.78, 5) is 11.6. The first-order valence-corrected chi connectivity index (χ1v) is 8.60. The van der Waals surface area contributed by atoms with Gasteiger partial charge in [-0.05, 0) is 26.7 Å². The number of carbonyl (C=O) groups excluding carboxylic acids is 1. The number of hydrogen-bond acceptors (Lipinski definition) is 4. The Labute approximate surface area is 138 Å². The summed E-state index contributed by atoms with van der Waals surface area (Å²) < 4.78 is 7.90. The first-order chi connectivity index (χ1) is 11.0. The van der Waals surface area contributed by atoms with Gasteiger partial charge in [0.05, 0.1) is 17.8 Å². The van der Waals surface area contributed by atoms with Gasteiger partial charge in [0.1, 0.15) is 0 Å². The lowest BCUT2D eigenvalue weighted by Gasteiger charge is -2.22. The summed E-state index contributed by atoms with van der Waals surface area (Å²) in [5.74, 6) is 0.0859. The zero-order chi connectivity index (χ0) is 17.0. The van der Waals surface area contributed by atoms with E-state index in [0.29, 0.717) is 5.92 Å². The summed E-state index contributed by atoms with van der Waals surface area (Å²) in [6.07, 6.45) is 3.91. The number of aromatic nitrogens is 2. The maximum Gasteiger partial charge on any atom is 0.234 e. The van der Waals surface area contributed by atoms with Crippen molar-refractivity contribution in [3.63, 3.8) is 0 Å². The average Bonchev–Trinajstić information content (AvgIpc) is 3.04. The maximum atomic E-state index is 11.6. The third-order valence-corrected chi connectivity index (χ3v) is 4.88. The molecule has 1 amide bonds. The number of carbonyl (C=O) groups is 1. The van der Waals surface area contributed by atoms with Gasteiger partial charge in [0.2, 0.25) is 5.91 Å². The van der Waals surface area contributed by atoms with E-state index in [1.165, 1.54) is 5.56 Å². The fourth-order valence-electron chi connectivity index (χ4n) is 3.41. The van der Waals surface area contributed by atoms with Crippen molar-refractivity contribution < 1.29 is 9.53 Å². The van der Waals surface area contributed by atoms with E-state index in [2.05, 4.69) is 24.3 Å². The van der Waals surface area contributed by atoms with Crippen molar-refractivity contribution in [3.05, 3.63) is 17.0 Å². The number of nitrogens with two attached hydrogens (primary N) is 1. The molecule has 6 heteroatoms. The molecule has 0 saturated carbocycles. The van der Waals surface area contributed by atoms with Gasteiger partial charge in [-0.2, -0.15) is 5.10 Å². The second-order valence-corrected chi connectivity index (χ2v) is 6.55. The van der Waals surface area contributed by atoms with Gasteiger partial charge in [0.15, 0.2) is 0 Å². The van der Waals surface area contributed by atoms with Crippen LogP contribution >= 0.6 is 0 Å². The largest absolute Gasteiger partial charge is 0.373 e. The second-order valence-electron chi connectivity index (χ2n) is 6.55. The van der Waals surface area contributed by atoms with E-state index in [1.807, 2.05) is 18.7 Å². The molecule has 1 aliphatic heterocycles. The first kappa shape index (κ1) is 17.9. The molecule has 3 unspecified atom stereocenters. The molecule has 1 aliphatic rings. The van der Waals surface area contributed by atoms with E-state index in [1.54, 1.807) is 0 Å². The number of aryl methyl sites for hydroxylation is 2. The molecule has 0 bridgehead atoms. The molecule has 3 atom stereocenters. The highest BCUT2D eigenvalue weighted by Crippen LogP contribution is 2.37. The van der Waals surface area contributed by atoms with Crippen LogP contribution in [0.4, 0.5) is 0 Å². The topological polar surface area (TPSA) is 82.2 Å². The van der Waals surface area contributed by atoms with Crippen molar-refractivity contribution in [2.45, 2.75) is 58.6 Å². The van der Waals surface area contributed by atoms with E-state index in [9.17, 15) is 4.79 Å². The monoisotopic (exact) mass is 322 g/mol. The van der Waals surface area contributed by atoms with Crippen LogP contribution in [0.15, 0.2) is 0 Å². The van der Waals surface area contributed by atoms with Crippen molar-refractivity contribution in [1.82, 2.24) is 15.1 Å². The Morgan fingerprint density at radius 2 is 2.26 bits per heavy atom. The predicted molar refractivity (Wildman–Crippen MR) is 90.0 cm³/mol. The molecule has 2 heterocycles. The number of ether oxygens (including phenoxy) is 1. The lowest BCUT2D eigenvalue weighted by Crippen LogP contribution is -2.43. The molecular weight excluding hydrogens is 292 g/mol. The number of amides is 1. The molecule has 2 rings (SSSR count). The van der Waals surface area contributed by atoms with Gasteiger partial charge in [-0.1, -0.05) is 19.8 Å². The first-order valence-electron chi connectivity index (χ1n) is 8.60. The maximum absolute atomic E-state index is 11.6. The highest BCUT2D eigenvalue weighted by molar-refractivity contribution is 5.79. The number of nitrogens with one attached hydrogen (secondary N) is 1. The highest BCUT2D eigenvalue weighted by Gasteiger charge is 2.34. The normalized spacial score (nSPS) is 22.4. The third kappa shape index (κ3) is 4.12. The molecule has 1 fully saturated rings. The summed E-state index contributed by atoms with van der Waals surface area (Å²) in [6.45, 7) is 7.72. The molecule has 1 saturated heterocycles. The van der Waals surface area contributed by atoms with Gasteiger partial charge in [-0.15, -0.1) is 0 Å². The molecular formula is C17H30N4O2. The molecule has 6 nitrogen and oxygen atoms in total. The fourth-order valence-corrected chi connectivity index (χ4v) is 3.41. The number of unbranched alkanes of at least 4 members (excludes halogenated alkanes) is 1.